The highest BCUT2D eigenvalue weighted by molar-refractivity contribution is 7.90. The fraction of sp³-hybridized carbons (Fsp3) is 0.300. The monoisotopic (exact) mass is 513 g/mol. The molecule has 1 amide bonds. The number of sulfonamides is 1. The molecule has 2 aromatic carbocycles. The first-order valence-electron chi connectivity index (χ1n) is 9.71. The van der Waals surface area contributed by atoms with E-state index in [2.05, 4.69) is 10.3 Å². The van der Waals surface area contributed by atoms with Crippen molar-refractivity contribution in [2.24, 2.45) is 5.92 Å². The standard InChI is InChI=1S/C20H20ClN3O5S3/c1-31(26,27)16-8-9-17-18(11-16)30-20(22-17)23-19(25)13-3-2-10-24(12-13)32(28,29)15-6-4-14(21)5-7-15/h4-9,11,13H,2-3,10,12H2,1H3,(H,22,23,25). The fourth-order valence-corrected chi connectivity index (χ4v) is 6.81. The summed E-state index contributed by atoms with van der Waals surface area (Å²) in [5.74, 6) is -0.840. The number of thiazole rings is 1. The number of hydrogen-bond donors (Lipinski definition) is 1. The topological polar surface area (TPSA) is 114 Å². The first-order valence-corrected chi connectivity index (χ1v) is 14.2. The molecule has 0 aliphatic carbocycles. The van der Waals surface area contributed by atoms with Crippen LogP contribution in [0, 0.1) is 5.92 Å². The Morgan fingerprint density at radius 2 is 1.81 bits per heavy atom. The quantitative estimate of drug-likeness (QED) is 0.559. The number of fused-ring (bicyclic) bond motifs is 1. The number of piperidine rings is 1. The minimum absolute atomic E-state index is 0.0694. The van der Waals surface area contributed by atoms with Crippen molar-refractivity contribution in [1.29, 1.82) is 0 Å². The Morgan fingerprint density at radius 3 is 2.50 bits per heavy atom. The molecule has 32 heavy (non-hydrogen) atoms. The third-order valence-corrected chi connectivity index (χ3v) is 9.40. The summed E-state index contributed by atoms with van der Waals surface area (Å²) in [4.78, 5) is 17.5. The smallest absolute Gasteiger partial charge is 0.243 e. The lowest BCUT2D eigenvalue weighted by molar-refractivity contribution is -0.120. The predicted molar refractivity (Wildman–Crippen MR) is 124 cm³/mol. The Morgan fingerprint density at radius 1 is 1.12 bits per heavy atom. The lowest BCUT2D eigenvalue weighted by atomic mass is 9.99. The van der Waals surface area contributed by atoms with Crippen molar-refractivity contribution in [2.45, 2.75) is 22.6 Å². The average Bonchev–Trinajstić information content (AvgIpc) is 3.15. The molecule has 1 fully saturated rings. The molecular formula is C20H20ClN3O5S3. The zero-order valence-corrected chi connectivity index (χ0v) is 20.2. The van der Waals surface area contributed by atoms with Crippen LogP contribution in [0.4, 0.5) is 5.13 Å². The molecule has 1 aromatic heterocycles. The van der Waals surface area contributed by atoms with Gasteiger partial charge in [0.1, 0.15) is 0 Å². The molecule has 170 valence electrons. The van der Waals surface area contributed by atoms with Crippen LogP contribution in [0.25, 0.3) is 10.2 Å². The number of amides is 1. The van der Waals surface area contributed by atoms with E-state index in [0.717, 1.165) is 6.26 Å². The maximum Gasteiger partial charge on any atom is 0.243 e. The summed E-state index contributed by atoms with van der Waals surface area (Å²) in [5.41, 5.74) is 0.577. The van der Waals surface area contributed by atoms with Crippen LogP contribution in [-0.2, 0) is 24.7 Å². The van der Waals surface area contributed by atoms with Gasteiger partial charge in [0.15, 0.2) is 15.0 Å². The minimum Gasteiger partial charge on any atom is -0.302 e. The zero-order valence-electron chi connectivity index (χ0n) is 17.0. The van der Waals surface area contributed by atoms with Gasteiger partial charge in [-0.05, 0) is 55.3 Å². The van der Waals surface area contributed by atoms with Crippen molar-refractivity contribution in [2.75, 3.05) is 24.7 Å². The summed E-state index contributed by atoms with van der Waals surface area (Å²) in [6, 6.07) is 10.5. The van der Waals surface area contributed by atoms with Crippen LogP contribution in [0.5, 0.6) is 0 Å². The van der Waals surface area contributed by atoms with Gasteiger partial charge in [-0.15, -0.1) is 0 Å². The van der Waals surface area contributed by atoms with Gasteiger partial charge in [0.05, 0.1) is 25.9 Å². The fourth-order valence-electron chi connectivity index (χ4n) is 3.53. The van der Waals surface area contributed by atoms with Crippen molar-refractivity contribution in [3.63, 3.8) is 0 Å². The normalized spacial score (nSPS) is 18.0. The Labute approximate surface area is 195 Å². The van der Waals surface area contributed by atoms with Gasteiger partial charge in [-0.25, -0.2) is 21.8 Å². The Kier molecular flexibility index (Phi) is 6.29. The summed E-state index contributed by atoms with van der Waals surface area (Å²) in [7, 11) is -7.08. The van der Waals surface area contributed by atoms with E-state index in [-0.39, 0.29) is 22.2 Å². The van der Waals surface area contributed by atoms with E-state index in [1.165, 1.54) is 52.0 Å². The molecule has 1 unspecified atom stereocenters. The van der Waals surface area contributed by atoms with Crippen LogP contribution in [0.2, 0.25) is 5.02 Å². The highest BCUT2D eigenvalue weighted by Crippen LogP contribution is 2.30. The van der Waals surface area contributed by atoms with Crippen molar-refractivity contribution >= 4 is 64.1 Å². The van der Waals surface area contributed by atoms with Crippen LogP contribution >= 0.6 is 22.9 Å². The number of halogens is 1. The Hall–Kier alpha value is -2.05. The number of anilines is 1. The summed E-state index contributed by atoms with van der Waals surface area (Å²) in [5, 5.41) is 3.54. The van der Waals surface area contributed by atoms with Crippen molar-refractivity contribution < 1.29 is 21.6 Å². The summed E-state index contributed by atoms with van der Waals surface area (Å²) in [6.07, 6.45) is 2.24. The first-order chi connectivity index (χ1) is 15.0. The van der Waals surface area contributed by atoms with Gasteiger partial charge in [-0.2, -0.15) is 4.31 Å². The zero-order chi connectivity index (χ0) is 23.1. The van der Waals surface area contributed by atoms with Crippen LogP contribution in [0.1, 0.15) is 12.8 Å². The molecule has 8 nitrogen and oxygen atoms in total. The number of nitrogens with one attached hydrogen (secondary N) is 1. The van der Waals surface area contributed by atoms with Crippen LogP contribution in [0.15, 0.2) is 52.3 Å². The van der Waals surface area contributed by atoms with E-state index in [1.54, 1.807) is 6.07 Å². The Balaban J connectivity index is 1.49. The highest BCUT2D eigenvalue weighted by Gasteiger charge is 2.33. The molecule has 12 heteroatoms. The number of carbonyl (C=O) groups excluding carboxylic acids is 1. The second-order valence-electron chi connectivity index (χ2n) is 7.57. The molecule has 1 N–H and O–H groups in total. The molecule has 1 aliphatic heterocycles. The SMILES string of the molecule is CS(=O)(=O)c1ccc2nc(NC(=O)C3CCCN(S(=O)(=O)c4ccc(Cl)cc4)C3)sc2c1. The number of carbonyl (C=O) groups is 1. The summed E-state index contributed by atoms with van der Waals surface area (Å²) in [6.45, 7) is 0.407. The van der Waals surface area contributed by atoms with E-state index in [0.29, 0.717) is 39.8 Å². The lowest BCUT2D eigenvalue weighted by Gasteiger charge is -2.31. The van der Waals surface area contributed by atoms with Gasteiger partial charge in [0.25, 0.3) is 0 Å². The molecule has 0 spiro atoms. The molecule has 2 heterocycles. The number of rotatable bonds is 5. The third kappa shape index (κ3) is 4.81. The maximum atomic E-state index is 12.9. The Bertz CT molecular complexity index is 1390. The second kappa shape index (κ2) is 8.71. The third-order valence-electron chi connectivity index (χ3n) is 5.22. The molecule has 0 saturated carbocycles. The summed E-state index contributed by atoms with van der Waals surface area (Å²) >= 11 is 7.03. The molecular weight excluding hydrogens is 494 g/mol. The molecule has 4 rings (SSSR count). The molecule has 1 aliphatic rings. The largest absolute Gasteiger partial charge is 0.302 e. The van der Waals surface area contributed by atoms with Gasteiger partial charge in [0, 0.05) is 24.4 Å². The van der Waals surface area contributed by atoms with Crippen LogP contribution in [0.3, 0.4) is 0 Å². The summed E-state index contributed by atoms with van der Waals surface area (Å²) < 4.78 is 51.4. The van der Waals surface area contributed by atoms with Crippen LogP contribution < -0.4 is 5.32 Å². The maximum absolute atomic E-state index is 12.9. The molecule has 1 atom stereocenters. The first kappa shape index (κ1) is 23.1. The molecule has 0 bridgehead atoms. The van der Waals surface area contributed by atoms with Gasteiger partial charge in [0.2, 0.25) is 15.9 Å². The van der Waals surface area contributed by atoms with Gasteiger partial charge < -0.3 is 5.32 Å². The van der Waals surface area contributed by atoms with Gasteiger partial charge in [-0.3, -0.25) is 4.79 Å². The predicted octanol–water partition coefficient (Wildman–Crippen LogP) is 3.39. The van der Waals surface area contributed by atoms with E-state index < -0.39 is 25.8 Å². The minimum atomic E-state index is -3.73. The van der Waals surface area contributed by atoms with Gasteiger partial charge >= 0.3 is 0 Å². The number of nitrogens with zero attached hydrogens (tertiary/aromatic N) is 2. The van der Waals surface area contributed by atoms with E-state index in [1.807, 2.05) is 0 Å². The molecule has 3 aromatic rings. The van der Waals surface area contributed by atoms with Crippen molar-refractivity contribution in [3.05, 3.63) is 47.5 Å². The van der Waals surface area contributed by atoms with Crippen molar-refractivity contribution in [3.8, 4) is 0 Å². The van der Waals surface area contributed by atoms with Gasteiger partial charge in [-0.1, -0.05) is 22.9 Å². The van der Waals surface area contributed by atoms with Crippen LogP contribution in [-0.4, -0.2) is 51.4 Å². The molecule has 0 radical (unpaired) electrons. The number of aromatic nitrogens is 1. The molecule has 1 saturated heterocycles. The highest BCUT2D eigenvalue weighted by atomic mass is 35.5. The average molecular weight is 514 g/mol. The van der Waals surface area contributed by atoms with E-state index in [4.69, 9.17) is 11.6 Å². The van der Waals surface area contributed by atoms with Crippen molar-refractivity contribution in [1.82, 2.24) is 9.29 Å². The number of sulfone groups is 1. The second-order valence-corrected chi connectivity index (χ2v) is 13.0. The number of benzene rings is 2. The number of hydrogen-bond acceptors (Lipinski definition) is 7. The van der Waals surface area contributed by atoms with E-state index >= 15 is 0 Å². The van der Waals surface area contributed by atoms with E-state index in [9.17, 15) is 21.6 Å². The lowest BCUT2D eigenvalue weighted by Crippen LogP contribution is -2.43.